The van der Waals surface area contributed by atoms with Gasteiger partial charge in [0.1, 0.15) is 6.10 Å². The van der Waals surface area contributed by atoms with E-state index in [1.165, 1.54) is 6.42 Å². The third-order valence-electron chi connectivity index (χ3n) is 3.93. The van der Waals surface area contributed by atoms with Gasteiger partial charge in [0.15, 0.2) is 5.75 Å². The summed E-state index contributed by atoms with van der Waals surface area (Å²) in [6.45, 7) is 5.65. The smallest absolute Gasteiger partial charge is 0.323 e. The summed E-state index contributed by atoms with van der Waals surface area (Å²) in [6.07, 6.45) is 3.88. The molecule has 0 aromatic carbocycles. The maximum atomic E-state index is 11.1. The summed E-state index contributed by atoms with van der Waals surface area (Å²) in [4.78, 5) is 21.4. The summed E-state index contributed by atoms with van der Waals surface area (Å²) in [7, 11) is -4.22. The lowest BCUT2D eigenvalue weighted by Gasteiger charge is -2.11. The zero-order valence-corrected chi connectivity index (χ0v) is 14.0. The highest BCUT2D eigenvalue weighted by atomic mass is 32.2. The van der Waals surface area contributed by atoms with Gasteiger partial charge in [0.2, 0.25) is 0 Å². The van der Waals surface area contributed by atoms with Crippen molar-refractivity contribution in [1.29, 1.82) is 0 Å². The summed E-state index contributed by atoms with van der Waals surface area (Å²) in [6, 6.07) is 0. The number of rotatable bonds is 3. The van der Waals surface area contributed by atoms with Crippen molar-refractivity contribution < 1.29 is 32.0 Å². The molecule has 3 rings (SSSR count). The Morgan fingerprint density at radius 2 is 1.95 bits per heavy atom. The molecule has 0 aromatic rings. The summed E-state index contributed by atoms with van der Waals surface area (Å²) >= 11 is 0. The average Bonchev–Trinajstić information content (AvgIpc) is 3.02. The van der Waals surface area contributed by atoms with Gasteiger partial charge in [-0.15, -0.1) is 0 Å². The zero-order valence-electron chi connectivity index (χ0n) is 13.1. The van der Waals surface area contributed by atoms with Crippen LogP contribution in [0.5, 0.6) is 0 Å². The van der Waals surface area contributed by atoms with Gasteiger partial charge in [-0.25, -0.2) is 0 Å². The van der Waals surface area contributed by atoms with Gasteiger partial charge in [-0.05, 0) is 32.1 Å². The molecule has 0 spiro atoms. The first-order valence-electron chi connectivity index (χ1n) is 7.61. The Morgan fingerprint density at radius 1 is 1.32 bits per heavy atom. The zero-order chi connectivity index (χ0) is 16.9. The molecule has 4 unspecified atom stereocenters. The van der Waals surface area contributed by atoms with Crippen molar-refractivity contribution in [2.75, 3.05) is 12.4 Å². The molecule has 2 bridgehead atoms. The molecule has 4 atom stereocenters. The van der Waals surface area contributed by atoms with Gasteiger partial charge in [-0.2, -0.15) is 8.42 Å². The molecule has 2 saturated carbocycles. The van der Waals surface area contributed by atoms with Gasteiger partial charge in [-0.1, -0.05) is 13.8 Å². The minimum Gasteiger partial charge on any atom is -0.465 e. The quantitative estimate of drug-likeness (QED) is 0.613. The Hall–Kier alpha value is -1.15. The van der Waals surface area contributed by atoms with Crippen molar-refractivity contribution in [2.24, 2.45) is 17.8 Å². The van der Waals surface area contributed by atoms with E-state index >= 15 is 0 Å². The molecule has 7 nitrogen and oxygen atoms in total. The first-order valence-corrected chi connectivity index (χ1v) is 9.22. The number of ether oxygens (including phenoxy) is 2. The monoisotopic (exact) mass is 336 g/mol. The first-order chi connectivity index (χ1) is 10.3. The third kappa shape index (κ3) is 4.95. The van der Waals surface area contributed by atoms with Crippen LogP contribution in [0.1, 0.15) is 40.0 Å². The number of hydrogen-bond acceptors (Lipinski definition) is 6. The van der Waals surface area contributed by atoms with Crippen molar-refractivity contribution >= 4 is 22.1 Å². The van der Waals surface area contributed by atoms with Crippen molar-refractivity contribution in [3.05, 3.63) is 0 Å². The molecule has 1 saturated heterocycles. The fourth-order valence-electron chi connectivity index (χ4n) is 3.28. The van der Waals surface area contributed by atoms with Crippen LogP contribution in [0.3, 0.4) is 0 Å². The topological polar surface area (TPSA) is 107 Å². The van der Waals surface area contributed by atoms with Crippen LogP contribution < -0.4 is 0 Å². The van der Waals surface area contributed by atoms with Crippen LogP contribution in [0.15, 0.2) is 0 Å². The summed E-state index contributed by atoms with van der Waals surface area (Å²) in [5.41, 5.74) is 0. The van der Waals surface area contributed by atoms with E-state index in [0.717, 1.165) is 18.8 Å². The van der Waals surface area contributed by atoms with Crippen LogP contribution in [-0.2, 0) is 29.2 Å². The molecule has 8 heteroatoms. The van der Waals surface area contributed by atoms with Crippen molar-refractivity contribution in [3.8, 4) is 0 Å². The highest BCUT2D eigenvalue weighted by molar-refractivity contribution is 7.86. The SMILES string of the molecule is CC.CCOC(=O)CS(=O)(=O)O.O=C1OC2CC3CC1C2C3. The molecule has 1 heterocycles. The molecule has 0 amide bonds. The minimum absolute atomic E-state index is 0.0926. The molecule has 0 aromatic heterocycles. The number of carbonyl (C=O) groups excluding carboxylic acids is 2. The highest BCUT2D eigenvalue weighted by Crippen LogP contribution is 2.54. The van der Waals surface area contributed by atoms with Crippen molar-refractivity contribution in [2.45, 2.75) is 46.1 Å². The van der Waals surface area contributed by atoms with E-state index in [-0.39, 0.29) is 12.6 Å². The van der Waals surface area contributed by atoms with Crippen LogP contribution in [0.2, 0.25) is 0 Å². The van der Waals surface area contributed by atoms with E-state index < -0.39 is 21.8 Å². The van der Waals surface area contributed by atoms with Gasteiger partial charge in [0, 0.05) is 5.92 Å². The molecule has 3 aliphatic rings. The Balaban J connectivity index is 0.000000198. The summed E-state index contributed by atoms with van der Waals surface area (Å²) < 4.78 is 37.5. The maximum Gasteiger partial charge on any atom is 0.323 e. The van der Waals surface area contributed by atoms with Crippen molar-refractivity contribution in [1.82, 2.24) is 0 Å². The molecule has 22 heavy (non-hydrogen) atoms. The normalized spacial score (nSPS) is 30.6. The Morgan fingerprint density at radius 3 is 2.36 bits per heavy atom. The summed E-state index contributed by atoms with van der Waals surface area (Å²) in [5.74, 6) is -0.0615. The third-order valence-corrected chi connectivity index (χ3v) is 4.53. The second-order valence-corrected chi connectivity index (χ2v) is 6.80. The van der Waals surface area contributed by atoms with E-state index in [0.29, 0.717) is 17.9 Å². The first kappa shape index (κ1) is 18.9. The standard InChI is InChI=1S/C8H10O2.C4H8O5S.C2H6/c9-8-6-2-4-1-5(6)7(3-4)10-8;1-2-9-4(5)3-10(6,7)8;1-2/h4-7H,1-3H2;2-3H2,1H3,(H,6,7,8);1-2H3. The fraction of sp³-hybridized carbons (Fsp3) is 0.857. The lowest BCUT2D eigenvalue weighted by Crippen LogP contribution is -2.17. The lowest BCUT2D eigenvalue weighted by molar-refractivity contribution is -0.143. The Labute approximate surface area is 131 Å². The number of carbonyl (C=O) groups is 2. The average molecular weight is 336 g/mol. The Bertz CT molecular complexity index is 497. The molecular formula is C14H24O7S. The molecular weight excluding hydrogens is 312 g/mol. The van der Waals surface area contributed by atoms with Gasteiger partial charge < -0.3 is 9.47 Å². The van der Waals surface area contributed by atoms with Gasteiger partial charge in [0.25, 0.3) is 10.1 Å². The van der Waals surface area contributed by atoms with E-state index in [9.17, 15) is 18.0 Å². The Kier molecular flexibility index (Phi) is 6.80. The van der Waals surface area contributed by atoms with Crippen molar-refractivity contribution in [3.63, 3.8) is 0 Å². The molecule has 3 fully saturated rings. The van der Waals surface area contributed by atoms with Crippen LogP contribution >= 0.6 is 0 Å². The maximum absolute atomic E-state index is 11.1. The molecule has 128 valence electrons. The molecule has 2 aliphatic carbocycles. The predicted molar refractivity (Wildman–Crippen MR) is 78.6 cm³/mol. The van der Waals surface area contributed by atoms with Gasteiger partial charge in [0.05, 0.1) is 12.5 Å². The van der Waals surface area contributed by atoms with E-state index in [1.54, 1.807) is 6.92 Å². The largest absolute Gasteiger partial charge is 0.465 e. The van der Waals surface area contributed by atoms with Crippen LogP contribution in [0, 0.1) is 17.8 Å². The van der Waals surface area contributed by atoms with Crippen LogP contribution in [-0.4, -0.2) is 43.4 Å². The number of fused-ring (bicyclic) bond motifs is 1. The van der Waals surface area contributed by atoms with E-state index in [1.807, 2.05) is 13.8 Å². The predicted octanol–water partition coefficient (Wildman–Crippen LogP) is 1.42. The van der Waals surface area contributed by atoms with E-state index in [4.69, 9.17) is 9.29 Å². The molecule has 0 radical (unpaired) electrons. The molecule has 1 aliphatic heterocycles. The van der Waals surface area contributed by atoms with Gasteiger partial charge >= 0.3 is 11.9 Å². The van der Waals surface area contributed by atoms with Crippen LogP contribution in [0.25, 0.3) is 0 Å². The molecule has 1 N–H and O–H groups in total. The fourth-order valence-corrected chi connectivity index (χ4v) is 3.66. The highest BCUT2D eigenvalue weighted by Gasteiger charge is 2.56. The number of hydrogen-bond donors (Lipinski definition) is 1. The minimum atomic E-state index is -4.22. The lowest BCUT2D eigenvalue weighted by atomic mass is 9.90. The second kappa shape index (κ2) is 7.92. The number of esters is 2. The van der Waals surface area contributed by atoms with Gasteiger partial charge in [-0.3, -0.25) is 14.1 Å². The second-order valence-electron chi connectivity index (χ2n) is 5.35. The van der Waals surface area contributed by atoms with E-state index in [2.05, 4.69) is 4.74 Å². The summed E-state index contributed by atoms with van der Waals surface area (Å²) in [5, 5.41) is 0. The van der Waals surface area contributed by atoms with Crippen LogP contribution in [0.4, 0.5) is 0 Å².